The van der Waals surface area contributed by atoms with Gasteiger partial charge in [0.05, 0.1) is 0 Å². The molecule has 0 aromatic heterocycles. The third kappa shape index (κ3) is 8.81. The van der Waals surface area contributed by atoms with Gasteiger partial charge in [0.2, 0.25) is 0 Å². The number of hydrogen-bond acceptors (Lipinski definition) is 5. The van der Waals surface area contributed by atoms with Crippen LogP contribution >= 0.6 is 11.6 Å². The zero-order valence-electron chi connectivity index (χ0n) is 21.3. The summed E-state index contributed by atoms with van der Waals surface area (Å²) in [4.78, 5) is 25.5. The molecule has 0 spiro atoms. The first-order valence-electron chi connectivity index (χ1n) is 12.1. The fourth-order valence-electron chi connectivity index (χ4n) is 3.70. The average Bonchev–Trinajstić information content (AvgIpc) is 2.85. The van der Waals surface area contributed by atoms with Crippen molar-refractivity contribution in [2.24, 2.45) is 0 Å². The van der Waals surface area contributed by atoms with Crippen LogP contribution in [0.25, 0.3) is 11.1 Å². The Bertz CT molecular complexity index is 1140. The fraction of sp³-hybridized carbons (Fsp3) is 0.333. The molecule has 0 aliphatic heterocycles. The molecular formula is C30H34ClNO4. The van der Waals surface area contributed by atoms with Crippen LogP contribution in [0.5, 0.6) is 0 Å². The number of hydrogen-bond donors (Lipinski definition) is 1. The van der Waals surface area contributed by atoms with Gasteiger partial charge in [-0.3, -0.25) is 14.9 Å². The van der Waals surface area contributed by atoms with E-state index in [0.717, 1.165) is 22.3 Å². The van der Waals surface area contributed by atoms with Crippen molar-refractivity contribution in [1.29, 1.82) is 0 Å². The molecule has 190 valence electrons. The van der Waals surface area contributed by atoms with Crippen LogP contribution in [-0.2, 0) is 32.1 Å². The molecule has 3 rings (SSSR count). The van der Waals surface area contributed by atoms with Crippen LogP contribution in [0, 0.1) is 0 Å². The van der Waals surface area contributed by atoms with Crippen molar-refractivity contribution in [3.05, 3.63) is 95.0 Å². The van der Waals surface area contributed by atoms with Crippen molar-refractivity contribution >= 4 is 23.5 Å². The standard InChI is InChI=1S/C30H34ClNO4/c1-21(28(33)36-30(2,3)4)32-27(29(34)35-20-23-9-6-5-7-10-23)18-15-22-13-16-24(17-14-22)25-11-8-12-26(31)19-25/h5-14,16-17,19,21,27,32H,15,18,20H2,1-4H3/t21-,27-/m0/s1. The maximum Gasteiger partial charge on any atom is 0.323 e. The first-order chi connectivity index (χ1) is 17.1. The molecule has 1 N–H and O–H groups in total. The highest BCUT2D eigenvalue weighted by Gasteiger charge is 2.28. The first kappa shape index (κ1) is 27.4. The summed E-state index contributed by atoms with van der Waals surface area (Å²) >= 11 is 6.12. The lowest BCUT2D eigenvalue weighted by Gasteiger charge is -2.25. The van der Waals surface area contributed by atoms with Crippen molar-refractivity contribution in [2.75, 3.05) is 0 Å². The van der Waals surface area contributed by atoms with Crippen LogP contribution in [0.1, 0.15) is 45.2 Å². The van der Waals surface area contributed by atoms with E-state index in [1.807, 2.05) is 99.6 Å². The van der Waals surface area contributed by atoms with Gasteiger partial charge in [-0.15, -0.1) is 0 Å². The van der Waals surface area contributed by atoms with Crippen molar-refractivity contribution < 1.29 is 19.1 Å². The Balaban J connectivity index is 1.66. The van der Waals surface area contributed by atoms with Crippen LogP contribution in [0.3, 0.4) is 0 Å². The van der Waals surface area contributed by atoms with Gasteiger partial charge in [0.15, 0.2) is 0 Å². The summed E-state index contributed by atoms with van der Waals surface area (Å²) in [5, 5.41) is 3.82. The van der Waals surface area contributed by atoms with E-state index < -0.39 is 29.6 Å². The number of carbonyl (C=O) groups is 2. The van der Waals surface area contributed by atoms with E-state index >= 15 is 0 Å². The van der Waals surface area contributed by atoms with E-state index in [1.54, 1.807) is 6.92 Å². The molecule has 0 amide bonds. The molecule has 0 unspecified atom stereocenters. The summed E-state index contributed by atoms with van der Waals surface area (Å²) in [6.45, 7) is 7.32. The number of carbonyl (C=O) groups excluding carboxylic acids is 2. The van der Waals surface area contributed by atoms with Gasteiger partial charge < -0.3 is 9.47 Å². The van der Waals surface area contributed by atoms with Crippen LogP contribution in [0.2, 0.25) is 5.02 Å². The number of benzene rings is 3. The minimum Gasteiger partial charge on any atom is -0.460 e. The normalized spacial score (nSPS) is 13.0. The number of esters is 2. The molecule has 36 heavy (non-hydrogen) atoms. The number of rotatable bonds is 10. The van der Waals surface area contributed by atoms with Crippen molar-refractivity contribution in [1.82, 2.24) is 5.32 Å². The Morgan fingerprint density at radius 3 is 2.19 bits per heavy atom. The molecule has 3 aromatic carbocycles. The summed E-state index contributed by atoms with van der Waals surface area (Å²) < 4.78 is 11.1. The van der Waals surface area contributed by atoms with Gasteiger partial charge in [0, 0.05) is 5.02 Å². The molecule has 3 aromatic rings. The van der Waals surface area contributed by atoms with E-state index in [1.165, 1.54) is 0 Å². The molecule has 0 aliphatic rings. The van der Waals surface area contributed by atoms with Crippen LogP contribution in [-0.4, -0.2) is 29.6 Å². The Hall–Kier alpha value is -3.15. The minimum atomic E-state index is -0.663. The van der Waals surface area contributed by atoms with Crippen LogP contribution < -0.4 is 5.32 Å². The smallest absolute Gasteiger partial charge is 0.323 e. The maximum absolute atomic E-state index is 13.0. The molecule has 0 saturated carbocycles. The lowest BCUT2D eigenvalue weighted by atomic mass is 10.0. The van der Waals surface area contributed by atoms with Gasteiger partial charge >= 0.3 is 11.9 Å². The third-order valence-electron chi connectivity index (χ3n) is 5.55. The van der Waals surface area contributed by atoms with Gasteiger partial charge in [-0.05, 0) is 74.9 Å². The second-order valence-electron chi connectivity index (χ2n) is 9.81. The highest BCUT2D eigenvalue weighted by molar-refractivity contribution is 6.30. The Labute approximate surface area is 218 Å². The lowest BCUT2D eigenvalue weighted by molar-refractivity contribution is -0.158. The van der Waals surface area contributed by atoms with Crippen LogP contribution in [0.4, 0.5) is 0 Å². The minimum absolute atomic E-state index is 0.174. The van der Waals surface area contributed by atoms with Crippen molar-refractivity contribution in [3.8, 4) is 11.1 Å². The zero-order valence-corrected chi connectivity index (χ0v) is 22.0. The van der Waals surface area contributed by atoms with E-state index in [2.05, 4.69) is 5.32 Å². The van der Waals surface area contributed by atoms with Gasteiger partial charge in [0.1, 0.15) is 24.3 Å². The molecule has 6 heteroatoms. The molecule has 0 heterocycles. The van der Waals surface area contributed by atoms with Gasteiger partial charge in [-0.2, -0.15) is 0 Å². The summed E-state index contributed by atoms with van der Waals surface area (Å²) in [5.41, 5.74) is 3.48. The molecule has 0 radical (unpaired) electrons. The van der Waals surface area contributed by atoms with Gasteiger partial charge in [-0.1, -0.05) is 78.3 Å². The Kier molecular flexibility index (Phi) is 9.68. The monoisotopic (exact) mass is 507 g/mol. The van der Waals surface area contributed by atoms with E-state index in [0.29, 0.717) is 17.9 Å². The largest absolute Gasteiger partial charge is 0.460 e. The number of halogens is 1. The summed E-state index contributed by atoms with van der Waals surface area (Å²) in [6, 6.07) is 24.1. The molecule has 0 aliphatic carbocycles. The highest BCUT2D eigenvalue weighted by Crippen LogP contribution is 2.23. The second kappa shape index (κ2) is 12.7. The Morgan fingerprint density at radius 1 is 0.861 bits per heavy atom. The summed E-state index contributed by atoms with van der Waals surface area (Å²) in [6.07, 6.45) is 1.10. The molecule has 0 saturated heterocycles. The number of aryl methyl sites for hydroxylation is 1. The maximum atomic E-state index is 13.0. The predicted octanol–water partition coefficient (Wildman–Crippen LogP) is 6.37. The van der Waals surface area contributed by atoms with E-state index in [-0.39, 0.29) is 6.61 Å². The number of nitrogens with one attached hydrogen (secondary N) is 1. The molecule has 0 fully saturated rings. The molecule has 2 atom stereocenters. The topological polar surface area (TPSA) is 64.6 Å². The van der Waals surface area contributed by atoms with Crippen molar-refractivity contribution in [2.45, 2.75) is 64.8 Å². The predicted molar refractivity (Wildman–Crippen MR) is 144 cm³/mol. The highest BCUT2D eigenvalue weighted by atomic mass is 35.5. The average molecular weight is 508 g/mol. The summed E-state index contributed by atoms with van der Waals surface area (Å²) in [5.74, 6) is -0.806. The van der Waals surface area contributed by atoms with E-state index in [4.69, 9.17) is 21.1 Å². The lowest BCUT2D eigenvalue weighted by Crippen LogP contribution is -2.48. The Morgan fingerprint density at radius 2 is 1.56 bits per heavy atom. The second-order valence-corrected chi connectivity index (χ2v) is 10.3. The zero-order chi connectivity index (χ0) is 26.1. The van der Waals surface area contributed by atoms with Gasteiger partial charge in [0.25, 0.3) is 0 Å². The summed E-state index contributed by atoms with van der Waals surface area (Å²) in [7, 11) is 0. The fourth-order valence-corrected chi connectivity index (χ4v) is 3.89. The quantitative estimate of drug-likeness (QED) is 0.323. The molecule has 0 bridgehead atoms. The third-order valence-corrected chi connectivity index (χ3v) is 5.79. The molecule has 5 nitrogen and oxygen atoms in total. The van der Waals surface area contributed by atoms with Gasteiger partial charge in [-0.25, -0.2) is 0 Å². The van der Waals surface area contributed by atoms with Crippen molar-refractivity contribution in [3.63, 3.8) is 0 Å². The first-order valence-corrected chi connectivity index (χ1v) is 12.5. The SMILES string of the molecule is C[C@H](N[C@@H](CCc1ccc(-c2cccc(Cl)c2)cc1)C(=O)OCc1ccccc1)C(=O)OC(C)(C)C. The molecular weight excluding hydrogens is 474 g/mol. The van der Waals surface area contributed by atoms with E-state index in [9.17, 15) is 9.59 Å². The number of ether oxygens (including phenoxy) is 2. The van der Waals surface area contributed by atoms with Crippen LogP contribution in [0.15, 0.2) is 78.9 Å².